The van der Waals surface area contributed by atoms with Crippen molar-refractivity contribution in [2.75, 3.05) is 26.8 Å². The fourth-order valence-corrected chi connectivity index (χ4v) is 2.25. The van der Waals surface area contributed by atoms with Gasteiger partial charge in [0, 0.05) is 24.7 Å². The van der Waals surface area contributed by atoms with E-state index < -0.39 is 5.41 Å². The van der Waals surface area contributed by atoms with E-state index in [1.54, 1.807) is 20.0 Å². The molecular formula is C15H27N3O3. The molecule has 0 saturated carbocycles. The minimum absolute atomic E-state index is 0.184. The van der Waals surface area contributed by atoms with Gasteiger partial charge in [0.15, 0.2) is 5.69 Å². The molecule has 0 aliphatic rings. The Morgan fingerprint density at radius 1 is 1.29 bits per heavy atom. The Hall–Kier alpha value is -1.40. The lowest BCUT2D eigenvalue weighted by atomic mass is 9.92. The third kappa shape index (κ3) is 4.04. The Bertz CT molecular complexity index is 499. The molecule has 0 spiro atoms. The van der Waals surface area contributed by atoms with Gasteiger partial charge in [-0.1, -0.05) is 6.92 Å². The number of rotatable bonds is 5. The van der Waals surface area contributed by atoms with E-state index in [1.807, 2.05) is 32.4 Å². The number of aromatic nitrogens is 2. The summed E-state index contributed by atoms with van der Waals surface area (Å²) in [4.78, 5) is 13.9. The highest BCUT2D eigenvalue weighted by atomic mass is 16.3. The zero-order chi connectivity index (χ0) is 16.4. The lowest BCUT2D eigenvalue weighted by Gasteiger charge is -2.30. The summed E-state index contributed by atoms with van der Waals surface area (Å²) in [5.74, 6) is -0.214. The van der Waals surface area contributed by atoms with Gasteiger partial charge in [-0.15, -0.1) is 0 Å². The fraction of sp³-hybridized carbons (Fsp3) is 0.733. The molecule has 0 fully saturated rings. The smallest absolute Gasteiger partial charge is 0.274 e. The maximum atomic E-state index is 12.4. The molecule has 6 heteroatoms. The molecule has 1 amide bonds. The van der Waals surface area contributed by atoms with Gasteiger partial charge in [-0.3, -0.25) is 9.48 Å². The number of aliphatic hydroxyl groups is 2. The molecule has 1 heterocycles. The van der Waals surface area contributed by atoms with Gasteiger partial charge >= 0.3 is 0 Å². The largest absolute Gasteiger partial charge is 0.396 e. The molecule has 0 bridgehead atoms. The predicted octanol–water partition coefficient (Wildman–Crippen LogP) is 1.01. The van der Waals surface area contributed by atoms with Crippen LogP contribution in [0.5, 0.6) is 0 Å². The summed E-state index contributed by atoms with van der Waals surface area (Å²) in [6, 6.07) is 1.76. The van der Waals surface area contributed by atoms with Gasteiger partial charge in [-0.05, 0) is 33.8 Å². The highest BCUT2D eigenvalue weighted by Crippen LogP contribution is 2.19. The Morgan fingerprint density at radius 2 is 1.81 bits per heavy atom. The number of amides is 1. The molecule has 6 nitrogen and oxygen atoms in total. The van der Waals surface area contributed by atoms with Crippen molar-refractivity contribution in [2.24, 2.45) is 5.41 Å². The van der Waals surface area contributed by atoms with Crippen molar-refractivity contribution in [3.63, 3.8) is 0 Å². The van der Waals surface area contributed by atoms with Gasteiger partial charge in [0.2, 0.25) is 0 Å². The third-order valence-electron chi connectivity index (χ3n) is 3.47. The predicted molar refractivity (Wildman–Crippen MR) is 81.2 cm³/mol. The van der Waals surface area contributed by atoms with Crippen LogP contribution in [0.3, 0.4) is 0 Å². The second kappa shape index (κ2) is 6.15. The first-order chi connectivity index (χ1) is 9.54. The van der Waals surface area contributed by atoms with Crippen molar-refractivity contribution in [1.29, 1.82) is 0 Å². The van der Waals surface area contributed by atoms with Crippen LogP contribution >= 0.6 is 0 Å². The molecule has 0 aliphatic heterocycles. The summed E-state index contributed by atoms with van der Waals surface area (Å²) in [6.45, 7) is 9.63. The highest BCUT2D eigenvalue weighted by Gasteiger charge is 2.28. The minimum Gasteiger partial charge on any atom is -0.396 e. The number of hydrogen-bond donors (Lipinski definition) is 2. The SMILES string of the molecule is Cc1cc(C(=O)N(C)CC(C)(CO)CO)nn1C(C)(C)C. The fourth-order valence-electron chi connectivity index (χ4n) is 2.25. The summed E-state index contributed by atoms with van der Waals surface area (Å²) in [7, 11) is 1.65. The second-order valence-electron chi connectivity index (χ2n) is 7.04. The van der Waals surface area contributed by atoms with Gasteiger partial charge in [0.1, 0.15) is 0 Å². The lowest BCUT2D eigenvalue weighted by Crippen LogP contribution is -2.41. The molecule has 0 aliphatic carbocycles. The van der Waals surface area contributed by atoms with Gasteiger partial charge in [-0.2, -0.15) is 5.10 Å². The zero-order valence-electron chi connectivity index (χ0n) is 13.8. The van der Waals surface area contributed by atoms with Crippen molar-refractivity contribution in [1.82, 2.24) is 14.7 Å². The first-order valence-corrected chi connectivity index (χ1v) is 7.08. The van der Waals surface area contributed by atoms with Gasteiger partial charge in [-0.25, -0.2) is 0 Å². The molecule has 0 saturated heterocycles. The number of aliphatic hydroxyl groups excluding tert-OH is 2. The van der Waals surface area contributed by atoms with Crippen LogP contribution in [0.4, 0.5) is 0 Å². The molecule has 21 heavy (non-hydrogen) atoms. The molecular weight excluding hydrogens is 270 g/mol. The zero-order valence-corrected chi connectivity index (χ0v) is 13.8. The summed E-state index contributed by atoms with van der Waals surface area (Å²) < 4.78 is 1.82. The van der Waals surface area contributed by atoms with E-state index in [4.69, 9.17) is 0 Å². The first-order valence-electron chi connectivity index (χ1n) is 7.08. The summed E-state index contributed by atoms with van der Waals surface area (Å²) >= 11 is 0. The van der Waals surface area contributed by atoms with E-state index in [0.29, 0.717) is 5.69 Å². The Morgan fingerprint density at radius 3 is 2.19 bits per heavy atom. The molecule has 0 radical (unpaired) electrons. The molecule has 0 unspecified atom stereocenters. The lowest BCUT2D eigenvalue weighted by molar-refractivity contribution is 0.0363. The normalized spacial score (nSPS) is 12.6. The van der Waals surface area contributed by atoms with Crippen LogP contribution < -0.4 is 0 Å². The number of aryl methyl sites for hydroxylation is 1. The van der Waals surface area contributed by atoms with Gasteiger partial charge < -0.3 is 15.1 Å². The van der Waals surface area contributed by atoms with Crippen LogP contribution in [0.2, 0.25) is 0 Å². The Kier molecular flexibility index (Phi) is 5.17. The van der Waals surface area contributed by atoms with Gasteiger partial charge in [0.25, 0.3) is 5.91 Å². The number of carbonyl (C=O) groups is 1. The van der Waals surface area contributed by atoms with Crippen molar-refractivity contribution in [2.45, 2.75) is 40.2 Å². The molecule has 0 atom stereocenters. The van der Waals surface area contributed by atoms with Gasteiger partial charge in [0.05, 0.1) is 18.8 Å². The van der Waals surface area contributed by atoms with E-state index in [-0.39, 0.29) is 31.2 Å². The van der Waals surface area contributed by atoms with Crippen LogP contribution in [0, 0.1) is 12.3 Å². The second-order valence-corrected chi connectivity index (χ2v) is 7.04. The number of nitrogens with zero attached hydrogens (tertiary/aromatic N) is 3. The molecule has 0 aromatic carbocycles. The average Bonchev–Trinajstić information content (AvgIpc) is 2.79. The van der Waals surface area contributed by atoms with Crippen LogP contribution in [-0.4, -0.2) is 57.6 Å². The van der Waals surface area contributed by atoms with Crippen molar-refractivity contribution in [3.05, 3.63) is 17.5 Å². The monoisotopic (exact) mass is 297 g/mol. The van der Waals surface area contributed by atoms with E-state index in [0.717, 1.165) is 5.69 Å². The van der Waals surface area contributed by atoms with Crippen LogP contribution in [0.15, 0.2) is 6.07 Å². The highest BCUT2D eigenvalue weighted by molar-refractivity contribution is 5.92. The van der Waals surface area contributed by atoms with Crippen LogP contribution in [0.1, 0.15) is 43.9 Å². The standard InChI is InChI=1S/C15H27N3O3/c1-11-7-12(16-18(11)14(2,3)4)13(21)17(6)8-15(5,9-19)10-20/h7,19-20H,8-10H2,1-6H3. The average molecular weight is 297 g/mol. The molecule has 1 aromatic rings. The molecule has 1 aromatic heterocycles. The summed E-state index contributed by atoms with van der Waals surface area (Å²) in [5.41, 5.74) is 0.396. The molecule has 120 valence electrons. The maximum Gasteiger partial charge on any atom is 0.274 e. The summed E-state index contributed by atoms with van der Waals surface area (Å²) in [5, 5.41) is 23.0. The van der Waals surface area contributed by atoms with E-state index in [9.17, 15) is 15.0 Å². The maximum absolute atomic E-state index is 12.4. The van der Waals surface area contributed by atoms with E-state index >= 15 is 0 Å². The van der Waals surface area contributed by atoms with Crippen LogP contribution in [0.25, 0.3) is 0 Å². The molecule has 1 rings (SSSR count). The quantitative estimate of drug-likeness (QED) is 0.850. The Balaban J connectivity index is 2.94. The third-order valence-corrected chi connectivity index (χ3v) is 3.47. The van der Waals surface area contributed by atoms with Crippen molar-refractivity contribution < 1.29 is 15.0 Å². The Labute approximate surface area is 126 Å². The first kappa shape index (κ1) is 17.7. The minimum atomic E-state index is -0.716. The van der Waals surface area contributed by atoms with Crippen LogP contribution in [-0.2, 0) is 5.54 Å². The van der Waals surface area contributed by atoms with E-state index in [1.165, 1.54) is 4.90 Å². The van der Waals surface area contributed by atoms with Crippen molar-refractivity contribution in [3.8, 4) is 0 Å². The summed E-state index contributed by atoms with van der Waals surface area (Å²) in [6.07, 6.45) is 0. The van der Waals surface area contributed by atoms with Crippen molar-refractivity contribution >= 4 is 5.91 Å². The molecule has 2 N–H and O–H groups in total. The van der Waals surface area contributed by atoms with E-state index in [2.05, 4.69) is 5.10 Å². The number of hydrogen-bond acceptors (Lipinski definition) is 4. The number of carbonyl (C=O) groups excluding carboxylic acids is 1. The topological polar surface area (TPSA) is 78.6 Å².